The molecule has 2 aromatic rings. The highest BCUT2D eigenvalue weighted by atomic mass is 32.2. The van der Waals surface area contributed by atoms with Crippen molar-refractivity contribution in [2.45, 2.75) is 18.2 Å². The van der Waals surface area contributed by atoms with Crippen LogP contribution < -0.4 is 10.0 Å². The van der Waals surface area contributed by atoms with Gasteiger partial charge in [-0.1, -0.05) is 30.3 Å². The molecule has 0 spiro atoms. The zero-order chi connectivity index (χ0) is 19.0. The number of carbonyl (C=O) groups is 2. The second kappa shape index (κ2) is 9.12. The third-order valence-corrected chi connectivity index (χ3v) is 4.87. The number of nitrogens with one attached hydrogen (secondary N) is 2. The number of amides is 1. The summed E-state index contributed by atoms with van der Waals surface area (Å²) in [6, 6.07) is 14.4. The minimum atomic E-state index is -3.66. The Labute approximate surface area is 152 Å². The number of sulfonamides is 1. The molecule has 2 rings (SSSR count). The molecule has 0 saturated carbocycles. The van der Waals surface area contributed by atoms with Gasteiger partial charge in [-0.15, -0.1) is 0 Å². The first-order valence-corrected chi connectivity index (χ1v) is 9.53. The second-order valence-electron chi connectivity index (χ2n) is 5.28. The van der Waals surface area contributed by atoms with Crippen molar-refractivity contribution in [3.8, 4) is 0 Å². The highest BCUT2D eigenvalue weighted by Gasteiger charge is 2.16. The molecular weight excluding hydrogens is 356 g/mol. The van der Waals surface area contributed by atoms with E-state index in [0.717, 1.165) is 0 Å². The van der Waals surface area contributed by atoms with Gasteiger partial charge in [-0.05, 0) is 31.2 Å². The van der Waals surface area contributed by atoms with Crippen molar-refractivity contribution in [1.29, 1.82) is 0 Å². The van der Waals surface area contributed by atoms with Crippen LogP contribution >= 0.6 is 0 Å². The molecular formula is C18H20N2O5S. The Hall–Kier alpha value is -2.71. The predicted molar refractivity (Wildman–Crippen MR) is 97.3 cm³/mol. The van der Waals surface area contributed by atoms with Crippen LogP contribution in [0.15, 0.2) is 59.5 Å². The average molecular weight is 376 g/mol. The van der Waals surface area contributed by atoms with Gasteiger partial charge in [0.1, 0.15) is 0 Å². The summed E-state index contributed by atoms with van der Waals surface area (Å²) >= 11 is 0. The lowest BCUT2D eigenvalue weighted by Gasteiger charge is -2.11. The van der Waals surface area contributed by atoms with Crippen molar-refractivity contribution >= 4 is 27.6 Å². The van der Waals surface area contributed by atoms with Gasteiger partial charge in [0.05, 0.1) is 22.8 Å². The Morgan fingerprint density at radius 1 is 1.00 bits per heavy atom. The van der Waals surface area contributed by atoms with Gasteiger partial charge in [-0.2, -0.15) is 0 Å². The van der Waals surface area contributed by atoms with E-state index in [2.05, 4.69) is 10.0 Å². The summed E-state index contributed by atoms with van der Waals surface area (Å²) in [5.74, 6) is -0.953. The zero-order valence-electron chi connectivity index (χ0n) is 14.3. The third kappa shape index (κ3) is 5.40. The number of para-hydroxylation sites is 1. The molecule has 0 bridgehead atoms. The van der Waals surface area contributed by atoms with E-state index in [9.17, 15) is 18.0 Å². The number of benzene rings is 2. The number of ether oxygens (including phenoxy) is 1. The molecule has 0 atom stereocenters. The first kappa shape index (κ1) is 19.6. The number of hydrogen-bond acceptors (Lipinski definition) is 5. The van der Waals surface area contributed by atoms with Gasteiger partial charge in [0.2, 0.25) is 15.9 Å². The van der Waals surface area contributed by atoms with Crippen LogP contribution in [0.25, 0.3) is 0 Å². The largest absolute Gasteiger partial charge is 0.462 e. The Morgan fingerprint density at radius 2 is 1.65 bits per heavy atom. The number of carbonyl (C=O) groups excluding carboxylic acids is 2. The summed E-state index contributed by atoms with van der Waals surface area (Å²) in [6.45, 7) is 1.85. The summed E-state index contributed by atoms with van der Waals surface area (Å²) in [6.07, 6.45) is -0.0801. The molecule has 0 unspecified atom stereocenters. The molecule has 0 aliphatic heterocycles. The Kier molecular flexibility index (Phi) is 6.88. The molecule has 2 N–H and O–H groups in total. The SMILES string of the molecule is CCOC(=O)c1ccccc1NC(=O)CCNS(=O)(=O)c1ccccc1. The van der Waals surface area contributed by atoms with Gasteiger partial charge in [0.25, 0.3) is 0 Å². The van der Waals surface area contributed by atoms with Gasteiger partial charge in [0.15, 0.2) is 0 Å². The molecule has 8 heteroatoms. The minimum Gasteiger partial charge on any atom is -0.462 e. The molecule has 0 fully saturated rings. The quantitative estimate of drug-likeness (QED) is 0.688. The summed E-state index contributed by atoms with van der Waals surface area (Å²) in [5, 5.41) is 2.60. The molecule has 2 aromatic carbocycles. The first-order chi connectivity index (χ1) is 12.4. The Morgan fingerprint density at radius 3 is 2.35 bits per heavy atom. The van der Waals surface area contributed by atoms with E-state index in [1.165, 1.54) is 12.1 Å². The van der Waals surface area contributed by atoms with E-state index in [-0.39, 0.29) is 30.0 Å². The fourth-order valence-electron chi connectivity index (χ4n) is 2.17. The van der Waals surface area contributed by atoms with Crippen LogP contribution in [-0.2, 0) is 19.6 Å². The molecule has 0 radical (unpaired) electrons. The Bertz CT molecular complexity index is 866. The molecule has 0 heterocycles. The van der Waals surface area contributed by atoms with Crippen molar-refractivity contribution in [3.63, 3.8) is 0 Å². The van der Waals surface area contributed by atoms with Crippen molar-refractivity contribution in [2.75, 3.05) is 18.5 Å². The van der Waals surface area contributed by atoms with E-state index in [0.29, 0.717) is 5.69 Å². The fraction of sp³-hybridized carbons (Fsp3) is 0.222. The number of esters is 1. The van der Waals surface area contributed by atoms with E-state index in [1.807, 2.05) is 0 Å². The lowest BCUT2D eigenvalue weighted by Crippen LogP contribution is -2.28. The van der Waals surface area contributed by atoms with Crippen molar-refractivity contribution < 1.29 is 22.7 Å². The molecule has 138 valence electrons. The van der Waals surface area contributed by atoms with Crippen LogP contribution in [0, 0.1) is 0 Å². The summed E-state index contributed by atoms with van der Waals surface area (Å²) in [4.78, 5) is 24.1. The monoisotopic (exact) mass is 376 g/mol. The van der Waals surface area contributed by atoms with Crippen LogP contribution in [-0.4, -0.2) is 33.4 Å². The van der Waals surface area contributed by atoms with Gasteiger partial charge in [0, 0.05) is 13.0 Å². The maximum absolute atomic E-state index is 12.1. The minimum absolute atomic E-state index is 0.0648. The second-order valence-corrected chi connectivity index (χ2v) is 7.04. The number of anilines is 1. The van der Waals surface area contributed by atoms with Gasteiger partial charge in [-0.25, -0.2) is 17.9 Å². The maximum atomic E-state index is 12.1. The standard InChI is InChI=1S/C18H20N2O5S/c1-2-25-18(22)15-10-6-7-11-16(15)20-17(21)12-13-19-26(23,24)14-8-4-3-5-9-14/h3-11,19H,2,12-13H2,1H3,(H,20,21). The van der Waals surface area contributed by atoms with E-state index < -0.39 is 21.9 Å². The van der Waals surface area contributed by atoms with E-state index in [1.54, 1.807) is 49.4 Å². The number of hydrogen-bond donors (Lipinski definition) is 2. The maximum Gasteiger partial charge on any atom is 0.340 e. The lowest BCUT2D eigenvalue weighted by atomic mass is 10.1. The molecule has 7 nitrogen and oxygen atoms in total. The normalized spacial score (nSPS) is 11.0. The molecule has 0 aliphatic carbocycles. The molecule has 0 saturated heterocycles. The Balaban J connectivity index is 1.93. The van der Waals surface area contributed by atoms with Gasteiger partial charge in [-0.3, -0.25) is 4.79 Å². The van der Waals surface area contributed by atoms with Crippen LogP contribution in [0.4, 0.5) is 5.69 Å². The lowest BCUT2D eigenvalue weighted by molar-refractivity contribution is -0.116. The van der Waals surface area contributed by atoms with Gasteiger partial charge < -0.3 is 10.1 Å². The smallest absolute Gasteiger partial charge is 0.340 e. The van der Waals surface area contributed by atoms with Crippen LogP contribution in [0.1, 0.15) is 23.7 Å². The summed E-state index contributed by atoms with van der Waals surface area (Å²) < 4.78 is 31.5. The highest BCUT2D eigenvalue weighted by molar-refractivity contribution is 7.89. The predicted octanol–water partition coefficient (Wildman–Crippen LogP) is 2.17. The average Bonchev–Trinajstić information content (AvgIpc) is 2.63. The zero-order valence-corrected chi connectivity index (χ0v) is 15.1. The first-order valence-electron chi connectivity index (χ1n) is 8.04. The highest BCUT2D eigenvalue weighted by Crippen LogP contribution is 2.16. The summed E-state index contributed by atoms with van der Waals surface area (Å²) in [5.41, 5.74) is 0.564. The van der Waals surface area contributed by atoms with Crippen LogP contribution in [0.2, 0.25) is 0 Å². The molecule has 0 aromatic heterocycles. The van der Waals surface area contributed by atoms with Gasteiger partial charge >= 0.3 is 5.97 Å². The van der Waals surface area contributed by atoms with E-state index >= 15 is 0 Å². The van der Waals surface area contributed by atoms with Crippen LogP contribution in [0.3, 0.4) is 0 Å². The third-order valence-electron chi connectivity index (χ3n) is 3.39. The number of rotatable bonds is 8. The topological polar surface area (TPSA) is 102 Å². The van der Waals surface area contributed by atoms with E-state index in [4.69, 9.17) is 4.74 Å². The van der Waals surface area contributed by atoms with Crippen LogP contribution in [0.5, 0.6) is 0 Å². The van der Waals surface area contributed by atoms with Crippen molar-refractivity contribution in [3.05, 3.63) is 60.2 Å². The molecule has 0 aliphatic rings. The molecule has 1 amide bonds. The van der Waals surface area contributed by atoms with Crippen molar-refractivity contribution in [1.82, 2.24) is 4.72 Å². The van der Waals surface area contributed by atoms with Crippen molar-refractivity contribution in [2.24, 2.45) is 0 Å². The molecule has 26 heavy (non-hydrogen) atoms. The fourth-order valence-corrected chi connectivity index (χ4v) is 3.23. The summed E-state index contributed by atoms with van der Waals surface area (Å²) in [7, 11) is -3.66.